The summed E-state index contributed by atoms with van der Waals surface area (Å²) in [6.45, 7) is 8.46. The van der Waals surface area contributed by atoms with E-state index in [-0.39, 0.29) is 23.8 Å². The normalized spacial score (nSPS) is 11.8. The number of benzene rings is 2. The Hall–Kier alpha value is -3.20. The van der Waals surface area contributed by atoms with Gasteiger partial charge in [-0.05, 0) is 64.1 Å². The van der Waals surface area contributed by atoms with Gasteiger partial charge in [0, 0.05) is 6.04 Å². The third-order valence-electron chi connectivity index (χ3n) is 4.74. The van der Waals surface area contributed by atoms with Gasteiger partial charge in [-0.15, -0.1) is 10.2 Å². The Kier molecular flexibility index (Phi) is 8.59. The van der Waals surface area contributed by atoms with Crippen LogP contribution < -0.4 is 19.5 Å². The van der Waals surface area contributed by atoms with E-state index in [0.717, 1.165) is 5.75 Å². The fraction of sp³-hybridized carbons (Fsp3) is 0.375. The molecule has 0 saturated carbocycles. The van der Waals surface area contributed by atoms with Gasteiger partial charge in [-0.3, -0.25) is 4.79 Å². The minimum absolute atomic E-state index is 0.0983. The van der Waals surface area contributed by atoms with E-state index >= 15 is 0 Å². The van der Waals surface area contributed by atoms with E-state index in [1.54, 1.807) is 7.11 Å². The molecule has 0 spiro atoms. The summed E-state index contributed by atoms with van der Waals surface area (Å²) >= 11 is 1.34. The Morgan fingerprint density at radius 3 is 2.42 bits per heavy atom. The zero-order chi connectivity index (χ0) is 23.8. The predicted molar refractivity (Wildman–Crippen MR) is 129 cm³/mol. The van der Waals surface area contributed by atoms with Crippen LogP contribution in [0.15, 0.2) is 53.7 Å². The zero-order valence-electron chi connectivity index (χ0n) is 19.6. The molecule has 3 rings (SSSR count). The molecule has 1 unspecified atom stereocenters. The first-order valence-corrected chi connectivity index (χ1v) is 11.8. The fourth-order valence-corrected chi connectivity index (χ4v) is 4.10. The van der Waals surface area contributed by atoms with Crippen LogP contribution >= 0.6 is 11.8 Å². The number of hydrogen-bond donors (Lipinski definition) is 1. The van der Waals surface area contributed by atoms with Gasteiger partial charge in [-0.25, -0.2) is 0 Å². The Bertz CT molecular complexity index is 1050. The minimum Gasteiger partial charge on any atom is -0.497 e. The quantitative estimate of drug-likeness (QED) is 0.388. The molecule has 1 atom stereocenters. The molecule has 0 bridgehead atoms. The summed E-state index contributed by atoms with van der Waals surface area (Å²) in [7, 11) is 1.63. The molecule has 1 aromatic heterocycles. The van der Waals surface area contributed by atoms with Crippen molar-refractivity contribution < 1.29 is 19.0 Å². The van der Waals surface area contributed by atoms with E-state index in [4.69, 9.17) is 14.2 Å². The van der Waals surface area contributed by atoms with Crippen molar-refractivity contribution in [2.45, 2.75) is 45.0 Å². The predicted octanol–water partition coefficient (Wildman–Crippen LogP) is 5.14. The first-order valence-electron chi connectivity index (χ1n) is 10.8. The molecule has 0 saturated heterocycles. The van der Waals surface area contributed by atoms with Crippen LogP contribution in [0.4, 0.5) is 5.69 Å². The molecule has 0 fully saturated rings. The van der Waals surface area contributed by atoms with Crippen molar-refractivity contribution in [1.29, 1.82) is 0 Å². The molecular formula is C24H30N4O4S. The van der Waals surface area contributed by atoms with Crippen molar-refractivity contribution >= 4 is 23.4 Å². The van der Waals surface area contributed by atoms with Crippen molar-refractivity contribution in [3.05, 3.63) is 54.4 Å². The highest BCUT2D eigenvalue weighted by molar-refractivity contribution is 7.99. The lowest BCUT2D eigenvalue weighted by Crippen LogP contribution is -2.17. The molecule has 2 aromatic carbocycles. The molecule has 33 heavy (non-hydrogen) atoms. The van der Waals surface area contributed by atoms with E-state index in [0.29, 0.717) is 34.8 Å². The summed E-state index contributed by atoms with van der Waals surface area (Å²) in [5.74, 6) is 2.87. The van der Waals surface area contributed by atoms with E-state index in [2.05, 4.69) is 29.4 Å². The average Bonchev–Trinajstić information content (AvgIpc) is 3.24. The molecule has 0 aliphatic rings. The van der Waals surface area contributed by atoms with Crippen LogP contribution in [0.25, 0.3) is 0 Å². The van der Waals surface area contributed by atoms with Crippen molar-refractivity contribution in [1.82, 2.24) is 14.8 Å². The van der Waals surface area contributed by atoms with E-state index in [9.17, 15) is 4.79 Å². The van der Waals surface area contributed by atoms with Crippen LogP contribution in [0, 0.1) is 0 Å². The highest BCUT2D eigenvalue weighted by atomic mass is 32.2. The second-order valence-electron chi connectivity index (χ2n) is 7.51. The summed E-state index contributed by atoms with van der Waals surface area (Å²) < 4.78 is 18.8. The number of carbonyl (C=O) groups excluding carboxylic acids is 1. The third-order valence-corrected chi connectivity index (χ3v) is 5.68. The topological polar surface area (TPSA) is 87.5 Å². The number of ether oxygens (including phenoxy) is 3. The molecule has 0 aliphatic carbocycles. The number of methoxy groups -OCH3 is 1. The maximum atomic E-state index is 12.6. The Morgan fingerprint density at radius 2 is 1.76 bits per heavy atom. The summed E-state index contributed by atoms with van der Waals surface area (Å²) in [6.07, 6.45) is -0.324. The fourth-order valence-electron chi connectivity index (χ4n) is 3.23. The van der Waals surface area contributed by atoms with Gasteiger partial charge in [0.2, 0.25) is 5.91 Å². The summed E-state index contributed by atoms with van der Waals surface area (Å²) in [4.78, 5) is 12.6. The summed E-state index contributed by atoms with van der Waals surface area (Å²) in [6, 6.07) is 14.9. The lowest BCUT2D eigenvalue weighted by Gasteiger charge is -2.19. The molecule has 3 aromatic rings. The molecule has 176 valence electrons. The number of thioether (sulfide) groups is 1. The van der Waals surface area contributed by atoms with Crippen molar-refractivity contribution in [2.75, 3.05) is 24.8 Å². The van der Waals surface area contributed by atoms with Crippen LogP contribution in [0.3, 0.4) is 0 Å². The molecule has 9 heteroatoms. The monoisotopic (exact) mass is 470 g/mol. The first-order chi connectivity index (χ1) is 15.9. The molecule has 1 N–H and O–H groups in total. The molecular weight excluding hydrogens is 440 g/mol. The van der Waals surface area contributed by atoms with Crippen LogP contribution in [0.5, 0.6) is 17.2 Å². The van der Waals surface area contributed by atoms with Gasteiger partial charge in [0.05, 0.1) is 25.2 Å². The minimum atomic E-state index is -0.324. The standard InChI is InChI=1S/C24H30N4O4S/c1-6-31-21-10-8-7-9-20(21)25-22(29)15-33-24-27-26-23(28(24)16(2)3)17(4)32-19-13-11-18(30-5)12-14-19/h7-14,16-17H,6,15H2,1-5H3,(H,25,29). The Morgan fingerprint density at radius 1 is 1.06 bits per heavy atom. The number of nitrogens with zero attached hydrogens (tertiary/aromatic N) is 3. The Labute approximate surface area is 198 Å². The van der Waals surface area contributed by atoms with Gasteiger partial charge >= 0.3 is 0 Å². The Balaban J connectivity index is 1.67. The van der Waals surface area contributed by atoms with Gasteiger partial charge in [0.25, 0.3) is 0 Å². The highest BCUT2D eigenvalue weighted by Crippen LogP contribution is 2.29. The molecule has 8 nitrogen and oxygen atoms in total. The van der Waals surface area contributed by atoms with E-state index in [1.165, 1.54) is 11.8 Å². The molecule has 0 radical (unpaired) electrons. The van der Waals surface area contributed by atoms with Gasteiger partial charge in [-0.2, -0.15) is 0 Å². The van der Waals surface area contributed by atoms with Gasteiger partial charge < -0.3 is 24.1 Å². The van der Waals surface area contributed by atoms with Crippen molar-refractivity contribution in [3.63, 3.8) is 0 Å². The summed E-state index contributed by atoms with van der Waals surface area (Å²) in [5, 5.41) is 12.3. The molecule has 0 aliphatic heterocycles. The average molecular weight is 471 g/mol. The van der Waals surface area contributed by atoms with Crippen LogP contribution in [0.1, 0.15) is 45.7 Å². The number of rotatable bonds is 11. The van der Waals surface area contributed by atoms with Crippen LogP contribution in [-0.2, 0) is 4.79 Å². The number of nitrogens with one attached hydrogen (secondary N) is 1. The third kappa shape index (κ3) is 6.41. The first kappa shape index (κ1) is 24.4. The summed E-state index contributed by atoms with van der Waals surface area (Å²) in [5.41, 5.74) is 0.650. The number of amides is 1. The van der Waals surface area contributed by atoms with E-state index in [1.807, 2.05) is 66.9 Å². The second kappa shape index (κ2) is 11.6. The number of carbonyl (C=O) groups is 1. The van der Waals surface area contributed by atoms with Crippen molar-refractivity contribution in [3.8, 4) is 17.2 Å². The number of anilines is 1. The maximum absolute atomic E-state index is 12.6. The van der Waals surface area contributed by atoms with Gasteiger partial charge in [0.1, 0.15) is 17.2 Å². The van der Waals surface area contributed by atoms with Crippen LogP contribution in [0.2, 0.25) is 0 Å². The zero-order valence-corrected chi connectivity index (χ0v) is 20.4. The lowest BCUT2D eigenvalue weighted by molar-refractivity contribution is -0.113. The number of aromatic nitrogens is 3. The molecule has 1 amide bonds. The van der Waals surface area contributed by atoms with Gasteiger partial charge in [0.15, 0.2) is 17.1 Å². The van der Waals surface area contributed by atoms with Crippen molar-refractivity contribution in [2.24, 2.45) is 0 Å². The highest BCUT2D eigenvalue weighted by Gasteiger charge is 2.22. The maximum Gasteiger partial charge on any atom is 0.234 e. The van der Waals surface area contributed by atoms with Gasteiger partial charge in [-0.1, -0.05) is 23.9 Å². The second-order valence-corrected chi connectivity index (χ2v) is 8.45. The molecule has 1 heterocycles. The number of hydrogen-bond acceptors (Lipinski definition) is 7. The largest absolute Gasteiger partial charge is 0.497 e. The number of para-hydroxylation sites is 2. The smallest absolute Gasteiger partial charge is 0.234 e. The van der Waals surface area contributed by atoms with Crippen LogP contribution in [-0.4, -0.2) is 40.1 Å². The lowest BCUT2D eigenvalue weighted by atomic mass is 10.3. The SMILES string of the molecule is CCOc1ccccc1NC(=O)CSc1nnc(C(C)Oc2ccc(OC)cc2)n1C(C)C. The van der Waals surface area contributed by atoms with E-state index < -0.39 is 0 Å².